The lowest BCUT2D eigenvalue weighted by Crippen LogP contribution is -2.44. The van der Waals surface area contributed by atoms with Gasteiger partial charge in [-0.05, 0) is 50.4 Å². The summed E-state index contributed by atoms with van der Waals surface area (Å²) in [6.07, 6.45) is 1.69. The van der Waals surface area contributed by atoms with Crippen LogP contribution in [0.15, 0.2) is 59.6 Å². The normalized spacial score (nSPS) is 15.7. The first-order chi connectivity index (χ1) is 13.4. The van der Waals surface area contributed by atoms with Crippen LogP contribution in [0.5, 0.6) is 0 Å². The molecule has 0 atom stereocenters. The van der Waals surface area contributed by atoms with E-state index in [9.17, 15) is 8.42 Å². The van der Waals surface area contributed by atoms with E-state index in [4.69, 9.17) is 0 Å². The van der Waals surface area contributed by atoms with Crippen LogP contribution in [0.3, 0.4) is 0 Å². The van der Waals surface area contributed by atoms with E-state index in [1.165, 1.54) is 0 Å². The highest BCUT2D eigenvalue weighted by Gasteiger charge is 2.20. The number of nitrogens with zero attached hydrogens (tertiary/aromatic N) is 3. The molecule has 0 bridgehead atoms. The molecule has 7 heteroatoms. The number of rotatable bonds is 4. The van der Waals surface area contributed by atoms with Crippen molar-refractivity contribution in [2.75, 3.05) is 42.8 Å². The molecule has 1 N–H and O–H groups in total. The number of aryl methyl sites for hydroxylation is 1. The Morgan fingerprint density at radius 2 is 1.68 bits per heavy atom. The van der Waals surface area contributed by atoms with Gasteiger partial charge in [0.1, 0.15) is 0 Å². The zero-order valence-corrected chi connectivity index (χ0v) is 16.9. The number of nitrogens with one attached hydrogen (secondary N) is 1. The predicted molar refractivity (Wildman–Crippen MR) is 113 cm³/mol. The van der Waals surface area contributed by atoms with E-state index in [-0.39, 0.29) is 4.90 Å². The van der Waals surface area contributed by atoms with Crippen molar-refractivity contribution >= 4 is 32.3 Å². The van der Waals surface area contributed by atoms with Gasteiger partial charge in [-0.1, -0.05) is 17.7 Å². The number of hydrogen-bond donors (Lipinski definition) is 1. The van der Waals surface area contributed by atoms with Gasteiger partial charge >= 0.3 is 0 Å². The molecule has 146 valence electrons. The minimum atomic E-state index is -3.68. The summed E-state index contributed by atoms with van der Waals surface area (Å²) < 4.78 is 28.4. The molecule has 0 spiro atoms. The Balaban J connectivity index is 1.71. The van der Waals surface area contributed by atoms with Gasteiger partial charge < -0.3 is 9.80 Å². The topological polar surface area (TPSA) is 65.5 Å². The summed E-state index contributed by atoms with van der Waals surface area (Å²) in [7, 11) is -1.55. The van der Waals surface area contributed by atoms with Crippen LogP contribution in [-0.4, -0.2) is 51.5 Å². The second-order valence-corrected chi connectivity index (χ2v) is 8.92. The SMILES string of the molecule is Cc1ccc(S(=O)(=O)Nc2ccc(N3CCN(C)CC3)c3cccnc23)cc1. The molecule has 6 nitrogen and oxygen atoms in total. The van der Waals surface area contributed by atoms with Gasteiger partial charge in [-0.15, -0.1) is 0 Å². The Morgan fingerprint density at radius 3 is 2.39 bits per heavy atom. The number of benzene rings is 2. The van der Waals surface area contributed by atoms with Crippen molar-refractivity contribution in [3.8, 4) is 0 Å². The van der Waals surface area contributed by atoms with Crippen LogP contribution in [0, 0.1) is 6.92 Å². The molecule has 1 saturated heterocycles. The molecule has 0 unspecified atom stereocenters. The monoisotopic (exact) mass is 396 g/mol. The molecule has 0 aliphatic carbocycles. The van der Waals surface area contributed by atoms with Gasteiger partial charge in [-0.25, -0.2) is 8.42 Å². The smallest absolute Gasteiger partial charge is 0.261 e. The fraction of sp³-hybridized carbons (Fsp3) is 0.286. The number of likely N-dealkylation sites (N-methyl/N-ethyl adjacent to an activating group) is 1. The number of fused-ring (bicyclic) bond motifs is 1. The standard InChI is InChI=1S/C21H24N4O2S/c1-16-5-7-17(8-6-16)28(26,27)23-19-9-10-20(18-4-3-11-22-21(18)19)25-14-12-24(2)13-15-25/h3-11,23H,12-15H2,1-2H3. The average Bonchev–Trinajstić information content (AvgIpc) is 2.69. The molecule has 1 aromatic heterocycles. The maximum absolute atomic E-state index is 12.8. The first-order valence-corrected chi connectivity index (χ1v) is 10.8. The van der Waals surface area contributed by atoms with Gasteiger partial charge in [0.25, 0.3) is 10.0 Å². The summed E-state index contributed by atoms with van der Waals surface area (Å²) in [6, 6.07) is 14.5. The van der Waals surface area contributed by atoms with Crippen LogP contribution in [0.4, 0.5) is 11.4 Å². The van der Waals surface area contributed by atoms with Gasteiger partial charge in [-0.2, -0.15) is 0 Å². The van der Waals surface area contributed by atoms with Gasteiger partial charge in [0.2, 0.25) is 0 Å². The van der Waals surface area contributed by atoms with Gasteiger partial charge in [0, 0.05) is 43.4 Å². The van der Waals surface area contributed by atoms with Crippen molar-refractivity contribution in [1.29, 1.82) is 0 Å². The third-order valence-corrected chi connectivity index (χ3v) is 6.55. The molecule has 3 aromatic rings. The third-order valence-electron chi connectivity index (χ3n) is 5.17. The maximum atomic E-state index is 12.8. The van der Waals surface area contributed by atoms with Crippen molar-refractivity contribution in [3.63, 3.8) is 0 Å². The van der Waals surface area contributed by atoms with Crippen LogP contribution in [0.25, 0.3) is 10.9 Å². The Kier molecular flexibility index (Phi) is 4.95. The molecule has 0 amide bonds. The highest BCUT2D eigenvalue weighted by molar-refractivity contribution is 7.92. The fourth-order valence-corrected chi connectivity index (χ4v) is 4.55. The second kappa shape index (κ2) is 7.41. The fourth-order valence-electron chi connectivity index (χ4n) is 3.48. The number of sulfonamides is 1. The average molecular weight is 397 g/mol. The number of aromatic nitrogens is 1. The Morgan fingerprint density at radius 1 is 0.964 bits per heavy atom. The predicted octanol–water partition coefficient (Wildman–Crippen LogP) is 3.10. The van der Waals surface area contributed by atoms with Crippen LogP contribution in [0.2, 0.25) is 0 Å². The van der Waals surface area contributed by atoms with E-state index in [0.29, 0.717) is 11.2 Å². The Labute approximate surface area is 165 Å². The molecule has 1 fully saturated rings. The zero-order valence-electron chi connectivity index (χ0n) is 16.1. The van der Waals surface area contributed by atoms with Crippen LogP contribution in [0.1, 0.15) is 5.56 Å². The van der Waals surface area contributed by atoms with Crippen LogP contribution < -0.4 is 9.62 Å². The molecule has 0 saturated carbocycles. The zero-order chi connectivity index (χ0) is 19.7. The van der Waals surface area contributed by atoms with Crippen LogP contribution in [-0.2, 0) is 10.0 Å². The molecule has 2 heterocycles. The summed E-state index contributed by atoms with van der Waals surface area (Å²) >= 11 is 0. The van der Waals surface area contributed by atoms with Crippen molar-refractivity contribution in [2.24, 2.45) is 0 Å². The lowest BCUT2D eigenvalue weighted by Gasteiger charge is -2.34. The van der Waals surface area contributed by atoms with Gasteiger partial charge in [0.15, 0.2) is 0 Å². The Hall–Kier alpha value is -2.64. The molecular formula is C21H24N4O2S. The number of pyridine rings is 1. The summed E-state index contributed by atoms with van der Waals surface area (Å²) in [6.45, 7) is 5.81. The van der Waals surface area contributed by atoms with Crippen molar-refractivity contribution in [1.82, 2.24) is 9.88 Å². The van der Waals surface area contributed by atoms with Gasteiger partial charge in [0.05, 0.1) is 16.1 Å². The van der Waals surface area contributed by atoms with Crippen molar-refractivity contribution in [3.05, 3.63) is 60.3 Å². The summed E-state index contributed by atoms with van der Waals surface area (Å²) in [5, 5.41) is 0.955. The molecule has 2 aromatic carbocycles. The van der Waals surface area contributed by atoms with E-state index in [0.717, 1.165) is 42.8 Å². The van der Waals surface area contributed by atoms with Gasteiger partial charge in [-0.3, -0.25) is 9.71 Å². The molecule has 0 radical (unpaired) electrons. The van der Waals surface area contributed by atoms with Crippen LogP contribution >= 0.6 is 0 Å². The highest BCUT2D eigenvalue weighted by atomic mass is 32.2. The molecule has 1 aliphatic heterocycles. The van der Waals surface area contributed by atoms with Crippen molar-refractivity contribution in [2.45, 2.75) is 11.8 Å². The molecule has 4 rings (SSSR count). The number of hydrogen-bond acceptors (Lipinski definition) is 5. The molecular weight excluding hydrogens is 372 g/mol. The quantitative estimate of drug-likeness (QED) is 0.734. The largest absolute Gasteiger partial charge is 0.368 e. The highest BCUT2D eigenvalue weighted by Crippen LogP contribution is 2.32. The number of anilines is 2. The van der Waals surface area contributed by atoms with E-state index < -0.39 is 10.0 Å². The van der Waals surface area contributed by atoms with Crippen molar-refractivity contribution < 1.29 is 8.42 Å². The maximum Gasteiger partial charge on any atom is 0.261 e. The lowest BCUT2D eigenvalue weighted by atomic mass is 10.1. The minimum Gasteiger partial charge on any atom is -0.368 e. The first-order valence-electron chi connectivity index (χ1n) is 9.35. The lowest BCUT2D eigenvalue weighted by molar-refractivity contribution is 0.313. The Bertz CT molecular complexity index is 1090. The minimum absolute atomic E-state index is 0.241. The summed E-state index contributed by atoms with van der Waals surface area (Å²) in [5.74, 6) is 0. The first kappa shape index (κ1) is 18.7. The third kappa shape index (κ3) is 3.68. The van der Waals surface area contributed by atoms with E-state index in [1.54, 1.807) is 30.5 Å². The molecule has 28 heavy (non-hydrogen) atoms. The molecule has 1 aliphatic rings. The summed E-state index contributed by atoms with van der Waals surface area (Å²) in [4.78, 5) is 9.36. The second-order valence-electron chi connectivity index (χ2n) is 7.24. The van der Waals surface area contributed by atoms with E-state index in [2.05, 4.69) is 26.6 Å². The number of piperazine rings is 1. The van der Waals surface area contributed by atoms with E-state index in [1.807, 2.05) is 31.2 Å². The summed E-state index contributed by atoms with van der Waals surface area (Å²) in [5.41, 5.74) is 3.26. The van der Waals surface area contributed by atoms with E-state index >= 15 is 0 Å².